The summed E-state index contributed by atoms with van der Waals surface area (Å²) in [4.78, 5) is 22.8. The molecule has 0 aliphatic carbocycles. The van der Waals surface area contributed by atoms with Crippen LogP contribution in [0.3, 0.4) is 0 Å². The molecular weight excluding hydrogens is 256 g/mol. The second-order valence-corrected chi connectivity index (χ2v) is 5.22. The number of amides is 1. The Bertz CT molecular complexity index is 651. The maximum atomic E-state index is 12.6. The van der Waals surface area contributed by atoms with Crippen LogP contribution in [-0.2, 0) is 0 Å². The molecule has 0 bridgehead atoms. The number of nitrogens with zero attached hydrogens (tertiary/aromatic N) is 5. The number of fused-ring (bicyclic) bond motifs is 1. The number of nitrogens with one attached hydrogen (secondary N) is 1. The van der Waals surface area contributed by atoms with Crippen LogP contribution in [0.4, 0.5) is 0 Å². The molecule has 0 saturated carbocycles. The van der Waals surface area contributed by atoms with Crippen molar-refractivity contribution in [3.63, 3.8) is 0 Å². The molecule has 1 N–H and O–H groups in total. The van der Waals surface area contributed by atoms with Crippen molar-refractivity contribution in [1.82, 2.24) is 29.8 Å². The van der Waals surface area contributed by atoms with Gasteiger partial charge in [-0.2, -0.15) is 4.98 Å². The lowest BCUT2D eigenvalue weighted by atomic mass is 10.1. The van der Waals surface area contributed by atoms with Gasteiger partial charge in [-0.25, -0.2) is 9.50 Å². The molecule has 7 heteroatoms. The van der Waals surface area contributed by atoms with E-state index in [1.165, 1.54) is 0 Å². The molecule has 7 nitrogen and oxygen atoms in total. The third kappa shape index (κ3) is 2.03. The number of carbonyl (C=O) groups is 1. The molecule has 1 fully saturated rings. The number of aromatic nitrogens is 4. The fourth-order valence-corrected chi connectivity index (χ4v) is 2.47. The Labute approximate surface area is 117 Å². The zero-order valence-electron chi connectivity index (χ0n) is 11.9. The van der Waals surface area contributed by atoms with Crippen LogP contribution in [-0.4, -0.2) is 55.6 Å². The molecule has 106 valence electrons. The van der Waals surface area contributed by atoms with Gasteiger partial charge in [0, 0.05) is 37.1 Å². The minimum Gasteiger partial charge on any atom is -0.330 e. The molecule has 0 aromatic carbocycles. The molecule has 3 heterocycles. The van der Waals surface area contributed by atoms with Gasteiger partial charge in [0.05, 0.1) is 0 Å². The van der Waals surface area contributed by atoms with Crippen molar-refractivity contribution < 1.29 is 4.79 Å². The number of carbonyl (C=O) groups excluding carboxylic acids is 1. The first-order chi connectivity index (χ1) is 9.58. The Kier molecular flexibility index (Phi) is 3.13. The highest BCUT2D eigenvalue weighted by Crippen LogP contribution is 2.12. The third-order valence-corrected chi connectivity index (χ3v) is 3.92. The first kappa shape index (κ1) is 13.0. The van der Waals surface area contributed by atoms with Gasteiger partial charge in [0.1, 0.15) is 0 Å². The van der Waals surface area contributed by atoms with E-state index in [1.807, 2.05) is 24.8 Å². The summed E-state index contributed by atoms with van der Waals surface area (Å²) in [5.41, 5.74) is 0.906. The molecule has 2 aromatic rings. The van der Waals surface area contributed by atoms with Gasteiger partial charge < -0.3 is 10.2 Å². The molecule has 1 amide bonds. The zero-order valence-corrected chi connectivity index (χ0v) is 11.9. The molecule has 1 saturated heterocycles. The van der Waals surface area contributed by atoms with Gasteiger partial charge in [0.15, 0.2) is 0 Å². The lowest BCUT2D eigenvalue weighted by molar-refractivity contribution is 0.0590. The SMILES string of the molecule is Cc1ccnc2nc(C(=O)N3CCN[C@@H](C)[C@@H]3C)nn12. The molecule has 1 aliphatic heterocycles. The van der Waals surface area contributed by atoms with Gasteiger partial charge >= 0.3 is 0 Å². The molecular formula is C13H18N6O. The average Bonchev–Trinajstić information content (AvgIpc) is 2.87. The van der Waals surface area contributed by atoms with Crippen LogP contribution in [0.5, 0.6) is 0 Å². The van der Waals surface area contributed by atoms with Crippen molar-refractivity contribution in [3.8, 4) is 0 Å². The molecule has 2 atom stereocenters. The van der Waals surface area contributed by atoms with E-state index < -0.39 is 0 Å². The van der Waals surface area contributed by atoms with Crippen LogP contribution in [0.25, 0.3) is 5.78 Å². The number of piperazine rings is 1. The highest BCUT2D eigenvalue weighted by atomic mass is 16.2. The Morgan fingerprint density at radius 3 is 3.00 bits per heavy atom. The monoisotopic (exact) mass is 274 g/mol. The number of rotatable bonds is 1. The van der Waals surface area contributed by atoms with Crippen LogP contribution in [0, 0.1) is 6.92 Å². The second-order valence-electron chi connectivity index (χ2n) is 5.22. The maximum absolute atomic E-state index is 12.6. The molecule has 0 unspecified atom stereocenters. The minimum atomic E-state index is -0.129. The van der Waals surface area contributed by atoms with Crippen LogP contribution in [0.1, 0.15) is 30.2 Å². The Morgan fingerprint density at radius 1 is 1.45 bits per heavy atom. The number of aryl methyl sites for hydroxylation is 1. The summed E-state index contributed by atoms with van der Waals surface area (Å²) < 4.78 is 1.60. The van der Waals surface area contributed by atoms with Gasteiger partial charge in [0.2, 0.25) is 5.82 Å². The Balaban J connectivity index is 1.94. The highest BCUT2D eigenvalue weighted by molar-refractivity contribution is 5.91. The Hall–Kier alpha value is -2.02. The first-order valence-electron chi connectivity index (χ1n) is 6.80. The lowest BCUT2D eigenvalue weighted by Gasteiger charge is -2.37. The summed E-state index contributed by atoms with van der Waals surface area (Å²) in [6, 6.07) is 2.23. The summed E-state index contributed by atoms with van der Waals surface area (Å²) in [5.74, 6) is 0.549. The van der Waals surface area contributed by atoms with Crippen LogP contribution < -0.4 is 5.32 Å². The fraction of sp³-hybridized carbons (Fsp3) is 0.538. The standard InChI is InChI=1S/C13H18N6O/c1-8-4-5-15-13-16-11(17-19(8)13)12(20)18-7-6-14-9(2)10(18)3/h4-5,9-10,14H,6-7H2,1-3H3/t9-,10-/m0/s1. The van der Waals surface area contributed by atoms with Gasteiger partial charge in [-0.05, 0) is 26.8 Å². The van der Waals surface area contributed by atoms with Crippen molar-refractivity contribution in [1.29, 1.82) is 0 Å². The summed E-state index contributed by atoms with van der Waals surface area (Å²) in [6.07, 6.45) is 1.67. The van der Waals surface area contributed by atoms with Gasteiger partial charge in [-0.15, -0.1) is 5.10 Å². The molecule has 0 spiro atoms. The van der Waals surface area contributed by atoms with E-state index in [0.29, 0.717) is 12.3 Å². The van der Waals surface area contributed by atoms with Crippen molar-refractivity contribution in [2.24, 2.45) is 0 Å². The van der Waals surface area contributed by atoms with Crippen molar-refractivity contribution in [2.75, 3.05) is 13.1 Å². The lowest BCUT2D eigenvalue weighted by Crippen LogP contribution is -2.57. The van der Waals surface area contributed by atoms with Crippen molar-refractivity contribution >= 4 is 11.7 Å². The predicted octanol–water partition coefficient (Wildman–Crippen LogP) is 0.255. The van der Waals surface area contributed by atoms with Crippen molar-refractivity contribution in [2.45, 2.75) is 32.9 Å². The third-order valence-electron chi connectivity index (χ3n) is 3.92. The topological polar surface area (TPSA) is 75.4 Å². The number of hydrogen-bond acceptors (Lipinski definition) is 5. The van der Waals surface area contributed by atoms with E-state index in [1.54, 1.807) is 10.7 Å². The summed E-state index contributed by atoms with van der Waals surface area (Å²) in [7, 11) is 0. The van der Waals surface area contributed by atoms with Crippen LogP contribution in [0.2, 0.25) is 0 Å². The van der Waals surface area contributed by atoms with Gasteiger partial charge in [-0.1, -0.05) is 0 Å². The average molecular weight is 274 g/mol. The summed E-state index contributed by atoms with van der Waals surface area (Å²) >= 11 is 0. The zero-order chi connectivity index (χ0) is 14.3. The number of hydrogen-bond donors (Lipinski definition) is 1. The van der Waals surface area contributed by atoms with E-state index >= 15 is 0 Å². The normalized spacial score (nSPS) is 23.2. The van der Waals surface area contributed by atoms with E-state index in [0.717, 1.165) is 12.2 Å². The summed E-state index contributed by atoms with van der Waals surface area (Å²) in [6.45, 7) is 7.49. The quantitative estimate of drug-likeness (QED) is 0.807. The van der Waals surface area contributed by atoms with E-state index in [-0.39, 0.29) is 23.8 Å². The molecule has 1 aliphatic rings. The molecule has 20 heavy (non-hydrogen) atoms. The van der Waals surface area contributed by atoms with E-state index in [9.17, 15) is 4.79 Å². The smallest absolute Gasteiger partial charge is 0.293 e. The second kappa shape index (κ2) is 4.82. The highest BCUT2D eigenvalue weighted by Gasteiger charge is 2.31. The maximum Gasteiger partial charge on any atom is 0.293 e. The molecule has 3 rings (SSSR count). The first-order valence-corrected chi connectivity index (χ1v) is 6.80. The van der Waals surface area contributed by atoms with Gasteiger partial charge in [-0.3, -0.25) is 4.79 Å². The van der Waals surface area contributed by atoms with Crippen LogP contribution >= 0.6 is 0 Å². The van der Waals surface area contributed by atoms with Gasteiger partial charge in [0.25, 0.3) is 11.7 Å². The molecule has 0 radical (unpaired) electrons. The largest absolute Gasteiger partial charge is 0.330 e. The predicted molar refractivity (Wildman–Crippen MR) is 73.5 cm³/mol. The minimum absolute atomic E-state index is 0.122. The summed E-state index contributed by atoms with van der Waals surface area (Å²) in [5, 5.41) is 7.63. The fourth-order valence-electron chi connectivity index (χ4n) is 2.47. The van der Waals surface area contributed by atoms with E-state index in [4.69, 9.17) is 0 Å². The van der Waals surface area contributed by atoms with Crippen LogP contribution in [0.15, 0.2) is 12.3 Å². The van der Waals surface area contributed by atoms with Crippen molar-refractivity contribution in [3.05, 3.63) is 23.8 Å². The molecule has 2 aromatic heterocycles. The van der Waals surface area contributed by atoms with E-state index in [2.05, 4.69) is 27.3 Å². The Morgan fingerprint density at radius 2 is 2.25 bits per heavy atom.